The number of nitrogens with zero attached hydrogens (tertiary/aromatic N) is 3. The lowest BCUT2D eigenvalue weighted by Gasteiger charge is -2.32. The Balaban J connectivity index is 0.953. The fourth-order valence-electron chi connectivity index (χ4n) is 7.00. The molecular formula is C39H40N6O7. The number of hydrogen-bond acceptors (Lipinski definition) is 9. The highest BCUT2D eigenvalue weighted by Gasteiger charge is 2.27. The number of fused-ring (bicyclic) bond motifs is 1. The summed E-state index contributed by atoms with van der Waals surface area (Å²) < 4.78 is 19.1. The summed E-state index contributed by atoms with van der Waals surface area (Å²) in [6.07, 6.45) is 5.91. The minimum Gasteiger partial charge on any atom is -0.496 e. The van der Waals surface area contributed by atoms with E-state index in [2.05, 4.69) is 33.0 Å². The van der Waals surface area contributed by atoms with Gasteiger partial charge < -0.3 is 29.0 Å². The summed E-state index contributed by atoms with van der Waals surface area (Å²) in [5, 5.41) is 13.2. The molecule has 268 valence electrons. The van der Waals surface area contributed by atoms with Gasteiger partial charge in [0.2, 0.25) is 11.8 Å². The lowest BCUT2D eigenvalue weighted by Crippen LogP contribution is -2.47. The van der Waals surface area contributed by atoms with Crippen LogP contribution in [-0.4, -0.2) is 70.7 Å². The van der Waals surface area contributed by atoms with Crippen LogP contribution in [0.15, 0.2) is 77.9 Å². The molecule has 4 heterocycles. The van der Waals surface area contributed by atoms with Crippen LogP contribution < -0.4 is 30.4 Å². The summed E-state index contributed by atoms with van der Waals surface area (Å²) in [6, 6.07) is 18.6. The number of amides is 3. The zero-order chi connectivity index (χ0) is 36.4. The van der Waals surface area contributed by atoms with E-state index in [0.717, 1.165) is 29.7 Å². The van der Waals surface area contributed by atoms with Crippen molar-refractivity contribution in [2.45, 2.75) is 44.2 Å². The van der Waals surface area contributed by atoms with E-state index in [9.17, 15) is 19.2 Å². The van der Waals surface area contributed by atoms with Crippen molar-refractivity contribution in [2.75, 3.05) is 32.6 Å². The Morgan fingerprint density at radius 2 is 1.63 bits per heavy atom. The summed E-state index contributed by atoms with van der Waals surface area (Å²) in [6.45, 7) is 1.47. The average Bonchev–Trinajstić information content (AvgIpc) is 3.67. The molecule has 5 aromatic rings. The normalized spacial score (nSPS) is 16.4. The van der Waals surface area contributed by atoms with E-state index in [-0.39, 0.29) is 29.9 Å². The van der Waals surface area contributed by atoms with Gasteiger partial charge in [0.1, 0.15) is 35.4 Å². The van der Waals surface area contributed by atoms with Crippen LogP contribution in [0.3, 0.4) is 0 Å². The Morgan fingerprint density at radius 3 is 2.29 bits per heavy atom. The number of likely N-dealkylation sites (tertiary alicyclic amines) is 1. The Bertz CT molecular complexity index is 2160. The van der Waals surface area contributed by atoms with E-state index in [1.807, 2.05) is 29.2 Å². The lowest BCUT2D eigenvalue weighted by atomic mass is 9.89. The molecule has 13 heteroatoms. The number of hydrogen-bond donors (Lipinski definition) is 3. The van der Waals surface area contributed by atoms with Crippen LogP contribution in [0.1, 0.15) is 53.1 Å². The molecule has 2 aliphatic heterocycles. The summed E-state index contributed by atoms with van der Waals surface area (Å²) in [7, 11) is 4.86. The number of benzene rings is 3. The second-order valence-electron chi connectivity index (χ2n) is 13.1. The van der Waals surface area contributed by atoms with Gasteiger partial charge in [-0.3, -0.25) is 29.6 Å². The molecular weight excluding hydrogens is 664 g/mol. The summed E-state index contributed by atoms with van der Waals surface area (Å²) in [4.78, 5) is 51.4. The van der Waals surface area contributed by atoms with Crippen LogP contribution in [0.5, 0.6) is 17.2 Å². The third-order valence-electron chi connectivity index (χ3n) is 9.93. The van der Waals surface area contributed by atoms with E-state index in [1.165, 1.54) is 10.1 Å². The van der Waals surface area contributed by atoms with Crippen LogP contribution in [0.25, 0.3) is 22.0 Å². The molecule has 1 unspecified atom stereocenters. The number of aromatic nitrogens is 3. The molecule has 2 saturated heterocycles. The van der Waals surface area contributed by atoms with Gasteiger partial charge in [-0.25, -0.2) is 0 Å². The highest BCUT2D eigenvalue weighted by molar-refractivity contribution is 6.01. The van der Waals surface area contributed by atoms with Gasteiger partial charge in [0.25, 0.3) is 11.5 Å². The number of H-pyrrole nitrogens is 1. The predicted octanol–water partition coefficient (Wildman–Crippen LogP) is 4.76. The number of ether oxygens (including phenoxy) is 3. The predicted molar refractivity (Wildman–Crippen MR) is 195 cm³/mol. The first-order chi connectivity index (χ1) is 25.2. The molecule has 2 fully saturated rings. The van der Waals surface area contributed by atoms with Crippen LogP contribution in [-0.2, 0) is 23.2 Å². The molecule has 2 aromatic heterocycles. The van der Waals surface area contributed by atoms with Gasteiger partial charge in [-0.2, -0.15) is 5.10 Å². The number of anilines is 1. The van der Waals surface area contributed by atoms with Crippen molar-refractivity contribution in [1.29, 1.82) is 0 Å². The third kappa shape index (κ3) is 6.94. The van der Waals surface area contributed by atoms with Crippen LogP contribution in [0.2, 0.25) is 0 Å². The van der Waals surface area contributed by atoms with Gasteiger partial charge >= 0.3 is 0 Å². The van der Waals surface area contributed by atoms with Gasteiger partial charge in [0.05, 0.1) is 26.0 Å². The minimum absolute atomic E-state index is 0.0159. The smallest absolute Gasteiger partial charge is 0.276 e. The number of pyridine rings is 1. The van der Waals surface area contributed by atoms with E-state index < -0.39 is 6.04 Å². The number of rotatable bonds is 10. The van der Waals surface area contributed by atoms with Crippen molar-refractivity contribution in [2.24, 2.45) is 7.05 Å². The standard InChI is InChI=1S/C39H40N6O7/c1-44-21-30(29-20-40-43-36(29)39(44)49)26-18-33(50-2)31(34(19-26)51-3)22-52-28-10-6-25(7-11-28)38(48)45-16-14-24(15-17-45)23-4-8-27(9-5-23)41-32-12-13-35(46)42-37(32)47/h4-11,18-21,24,32,41H,12-17,22H2,1-3H3,(H,40,43)(H,42,46,47). The van der Waals surface area contributed by atoms with Gasteiger partial charge in [0.15, 0.2) is 0 Å². The Morgan fingerprint density at radius 1 is 0.942 bits per heavy atom. The zero-order valence-electron chi connectivity index (χ0n) is 29.2. The maximum atomic E-state index is 13.4. The van der Waals surface area contributed by atoms with E-state index in [1.54, 1.807) is 57.9 Å². The average molecular weight is 705 g/mol. The maximum Gasteiger partial charge on any atom is 0.276 e. The van der Waals surface area contributed by atoms with Crippen molar-refractivity contribution in [3.63, 3.8) is 0 Å². The molecule has 1 atom stereocenters. The molecule has 52 heavy (non-hydrogen) atoms. The van der Waals surface area contributed by atoms with Crippen molar-refractivity contribution in [3.8, 4) is 28.4 Å². The summed E-state index contributed by atoms with van der Waals surface area (Å²) in [5.74, 6) is 1.52. The van der Waals surface area contributed by atoms with Gasteiger partial charge in [0, 0.05) is 55.0 Å². The van der Waals surface area contributed by atoms with E-state index >= 15 is 0 Å². The monoisotopic (exact) mass is 704 g/mol. The fraction of sp³-hybridized carbons (Fsp3) is 0.308. The fourth-order valence-corrected chi connectivity index (χ4v) is 7.00. The van der Waals surface area contributed by atoms with E-state index in [0.29, 0.717) is 71.1 Å². The topological polar surface area (TPSA) is 157 Å². The summed E-state index contributed by atoms with van der Waals surface area (Å²) >= 11 is 0. The van der Waals surface area contributed by atoms with Crippen molar-refractivity contribution in [1.82, 2.24) is 25.0 Å². The van der Waals surface area contributed by atoms with Crippen molar-refractivity contribution in [3.05, 3.63) is 100 Å². The van der Waals surface area contributed by atoms with Crippen LogP contribution >= 0.6 is 0 Å². The largest absolute Gasteiger partial charge is 0.496 e. The Kier molecular flexibility index (Phi) is 9.66. The molecule has 2 aliphatic rings. The maximum absolute atomic E-state index is 13.4. The second kappa shape index (κ2) is 14.6. The number of aromatic amines is 1. The van der Waals surface area contributed by atoms with Gasteiger partial charge in [-0.15, -0.1) is 0 Å². The first-order valence-electron chi connectivity index (χ1n) is 17.2. The molecule has 0 bridgehead atoms. The Hall–Kier alpha value is -6.11. The molecule has 0 aliphatic carbocycles. The zero-order valence-corrected chi connectivity index (χ0v) is 29.2. The number of carbonyl (C=O) groups excluding carboxylic acids is 3. The van der Waals surface area contributed by atoms with Gasteiger partial charge in [-0.1, -0.05) is 12.1 Å². The molecule has 3 amide bonds. The van der Waals surface area contributed by atoms with Crippen LogP contribution in [0, 0.1) is 0 Å². The first-order valence-corrected chi connectivity index (χ1v) is 17.2. The molecule has 3 aromatic carbocycles. The third-order valence-corrected chi connectivity index (χ3v) is 9.93. The highest BCUT2D eigenvalue weighted by atomic mass is 16.5. The SMILES string of the molecule is COc1cc(-c2cn(C)c(=O)c3[nH]ncc23)cc(OC)c1COc1ccc(C(=O)N2CCC(c3ccc(NC4CCC(=O)NC4=O)cc3)CC2)cc1. The number of carbonyl (C=O) groups is 3. The second-order valence-corrected chi connectivity index (χ2v) is 13.1. The van der Waals surface area contributed by atoms with Gasteiger partial charge in [-0.05, 0) is 84.8 Å². The van der Waals surface area contributed by atoms with Crippen molar-refractivity contribution < 1.29 is 28.6 Å². The molecule has 13 nitrogen and oxygen atoms in total. The molecule has 0 radical (unpaired) electrons. The van der Waals surface area contributed by atoms with E-state index in [4.69, 9.17) is 14.2 Å². The minimum atomic E-state index is -0.418. The van der Waals surface area contributed by atoms with Crippen molar-refractivity contribution >= 4 is 34.3 Å². The quantitative estimate of drug-likeness (QED) is 0.175. The Labute approximate surface area is 299 Å². The summed E-state index contributed by atoms with van der Waals surface area (Å²) in [5.41, 5.74) is 5.19. The number of piperidine rings is 2. The number of imide groups is 1. The molecule has 3 N–H and O–H groups in total. The highest BCUT2D eigenvalue weighted by Crippen LogP contribution is 2.38. The molecule has 7 rings (SSSR count). The molecule has 0 saturated carbocycles. The number of nitrogens with one attached hydrogen (secondary N) is 3. The van der Waals surface area contributed by atoms with Crippen LogP contribution in [0.4, 0.5) is 5.69 Å². The first kappa shape index (κ1) is 34.3. The number of aryl methyl sites for hydroxylation is 1. The number of methoxy groups -OCH3 is 2. The molecule has 0 spiro atoms. The lowest BCUT2D eigenvalue weighted by molar-refractivity contribution is -0.133.